The summed E-state index contributed by atoms with van der Waals surface area (Å²) in [5, 5.41) is 19.1. The van der Waals surface area contributed by atoms with Crippen molar-refractivity contribution < 1.29 is 9.52 Å². The summed E-state index contributed by atoms with van der Waals surface area (Å²) >= 11 is 0. The molecular formula is C9H11N5O2. The Labute approximate surface area is 91.3 Å². The zero-order valence-corrected chi connectivity index (χ0v) is 8.37. The van der Waals surface area contributed by atoms with Crippen molar-refractivity contribution in [3.63, 3.8) is 0 Å². The molecule has 16 heavy (non-hydrogen) atoms. The minimum absolute atomic E-state index is 0.189. The van der Waals surface area contributed by atoms with E-state index in [0.717, 1.165) is 5.69 Å². The number of hydrogen-bond acceptors (Lipinski definition) is 7. The van der Waals surface area contributed by atoms with Gasteiger partial charge in [-0.05, 0) is 12.1 Å². The van der Waals surface area contributed by atoms with Gasteiger partial charge >= 0.3 is 6.01 Å². The molecule has 4 N–H and O–H groups in total. The highest BCUT2D eigenvalue weighted by atomic mass is 16.4. The quantitative estimate of drug-likeness (QED) is 0.676. The summed E-state index contributed by atoms with van der Waals surface area (Å²) in [7, 11) is 0. The molecule has 0 aliphatic rings. The lowest BCUT2D eigenvalue weighted by Crippen LogP contribution is -2.14. The number of pyridine rings is 1. The van der Waals surface area contributed by atoms with Crippen molar-refractivity contribution in [3.8, 4) is 0 Å². The predicted octanol–water partition coefficient (Wildman–Crippen LogP) is 0.200. The average molecular weight is 221 g/mol. The Morgan fingerprint density at radius 1 is 1.50 bits per heavy atom. The van der Waals surface area contributed by atoms with Crippen molar-refractivity contribution in [2.75, 3.05) is 11.9 Å². The third-order valence-corrected chi connectivity index (χ3v) is 1.87. The van der Waals surface area contributed by atoms with E-state index in [1.807, 2.05) is 6.07 Å². The normalized spacial score (nSPS) is 12.4. The van der Waals surface area contributed by atoms with E-state index in [-0.39, 0.29) is 18.5 Å². The molecule has 2 heterocycles. The number of anilines is 2. The van der Waals surface area contributed by atoms with Crippen LogP contribution < -0.4 is 11.1 Å². The van der Waals surface area contributed by atoms with E-state index < -0.39 is 6.04 Å². The molecule has 0 radical (unpaired) electrons. The Morgan fingerprint density at radius 2 is 2.38 bits per heavy atom. The zero-order valence-electron chi connectivity index (χ0n) is 8.37. The van der Waals surface area contributed by atoms with Crippen molar-refractivity contribution >= 4 is 11.7 Å². The molecule has 1 atom stereocenters. The first-order valence-electron chi connectivity index (χ1n) is 4.66. The second kappa shape index (κ2) is 4.69. The van der Waals surface area contributed by atoms with Gasteiger partial charge in [0.05, 0.1) is 18.5 Å². The third-order valence-electron chi connectivity index (χ3n) is 1.87. The van der Waals surface area contributed by atoms with Crippen molar-refractivity contribution in [3.05, 3.63) is 30.4 Å². The van der Waals surface area contributed by atoms with Crippen molar-refractivity contribution in [1.82, 2.24) is 15.2 Å². The molecule has 7 nitrogen and oxygen atoms in total. The first kappa shape index (κ1) is 10.5. The van der Waals surface area contributed by atoms with Gasteiger partial charge in [0.25, 0.3) is 0 Å². The molecule has 0 aliphatic heterocycles. The number of nitrogens with one attached hydrogen (secondary N) is 1. The monoisotopic (exact) mass is 221 g/mol. The van der Waals surface area contributed by atoms with E-state index >= 15 is 0 Å². The zero-order chi connectivity index (χ0) is 11.4. The van der Waals surface area contributed by atoms with E-state index in [9.17, 15) is 0 Å². The van der Waals surface area contributed by atoms with Crippen LogP contribution >= 0.6 is 0 Å². The fourth-order valence-electron chi connectivity index (χ4n) is 1.07. The lowest BCUT2D eigenvalue weighted by molar-refractivity contribution is 0.249. The Kier molecular flexibility index (Phi) is 3.08. The molecule has 0 fully saturated rings. The van der Waals surface area contributed by atoms with Crippen LogP contribution in [0.5, 0.6) is 0 Å². The summed E-state index contributed by atoms with van der Waals surface area (Å²) in [6, 6.07) is 3.14. The lowest BCUT2D eigenvalue weighted by Gasteiger charge is -2.01. The van der Waals surface area contributed by atoms with Gasteiger partial charge < -0.3 is 20.6 Å². The Balaban J connectivity index is 2.09. The van der Waals surface area contributed by atoms with Crippen LogP contribution in [0.4, 0.5) is 11.7 Å². The maximum absolute atomic E-state index is 8.80. The minimum Gasteiger partial charge on any atom is -0.406 e. The SMILES string of the molecule is NC(CO)c1nnc(Nc2cccnc2)o1. The molecule has 0 saturated carbocycles. The van der Waals surface area contributed by atoms with E-state index in [1.165, 1.54) is 0 Å². The number of nitrogens with zero attached hydrogens (tertiary/aromatic N) is 3. The largest absolute Gasteiger partial charge is 0.406 e. The summed E-state index contributed by atoms with van der Waals surface area (Å²) in [6.07, 6.45) is 3.28. The molecule has 2 aromatic rings. The second-order valence-corrected chi connectivity index (χ2v) is 3.10. The molecule has 1 unspecified atom stereocenters. The first-order valence-corrected chi connectivity index (χ1v) is 4.66. The van der Waals surface area contributed by atoms with Crippen LogP contribution in [0.1, 0.15) is 11.9 Å². The van der Waals surface area contributed by atoms with Gasteiger partial charge in [-0.3, -0.25) is 4.98 Å². The predicted molar refractivity (Wildman–Crippen MR) is 55.8 cm³/mol. The molecule has 0 amide bonds. The fourth-order valence-corrected chi connectivity index (χ4v) is 1.07. The summed E-state index contributed by atoms with van der Waals surface area (Å²) in [6.45, 7) is -0.242. The van der Waals surface area contributed by atoms with E-state index in [0.29, 0.717) is 0 Å². The number of aromatic nitrogens is 3. The number of aliphatic hydroxyl groups excluding tert-OH is 1. The van der Waals surface area contributed by atoms with Crippen molar-refractivity contribution in [2.24, 2.45) is 5.73 Å². The topological polar surface area (TPSA) is 110 Å². The number of aliphatic hydroxyl groups is 1. The van der Waals surface area contributed by atoms with E-state index in [4.69, 9.17) is 15.3 Å². The molecule has 0 spiro atoms. The van der Waals surface area contributed by atoms with Gasteiger partial charge in [-0.15, -0.1) is 5.10 Å². The first-order chi connectivity index (χ1) is 7.79. The summed E-state index contributed by atoms with van der Waals surface area (Å²) in [4.78, 5) is 3.92. The van der Waals surface area contributed by atoms with Gasteiger partial charge in [0.1, 0.15) is 6.04 Å². The van der Waals surface area contributed by atoms with Crippen LogP contribution in [0.15, 0.2) is 28.9 Å². The molecular weight excluding hydrogens is 210 g/mol. The van der Waals surface area contributed by atoms with Crippen LogP contribution in [-0.4, -0.2) is 26.9 Å². The smallest absolute Gasteiger partial charge is 0.320 e. The van der Waals surface area contributed by atoms with Gasteiger partial charge in [-0.2, -0.15) is 0 Å². The van der Waals surface area contributed by atoms with Crippen LogP contribution in [0.3, 0.4) is 0 Å². The van der Waals surface area contributed by atoms with Gasteiger partial charge in [0.2, 0.25) is 5.89 Å². The van der Waals surface area contributed by atoms with Crippen molar-refractivity contribution in [1.29, 1.82) is 0 Å². The number of hydrogen-bond donors (Lipinski definition) is 3. The van der Waals surface area contributed by atoms with Gasteiger partial charge in [-0.1, -0.05) is 5.10 Å². The fraction of sp³-hybridized carbons (Fsp3) is 0.222. The molecule has 2 aromatic heterocycles. The molecule has 7 heteroatoms. The number of rotatable bonds is 4. The highest BCUT2D eigenvalue weighted by Crippen LogP contribution is 2.15. The standard InChI is InChI=1S/C9H11N5O2/c10-7(5-15)8-13-14-9(16-8)12-6-2-1-3-11-4-6/h1-4,7,15H,5,10H2,(H,12,14). The Hall–Kier alpha value is -1.99. The third kappa shape index (κ3) is 2.33. The molecule has 0 saturated heterocycles. The van der Waals surface area contributed by atoms with Gasteiger partial charge in [0, 0.05) is 6.20 Å². The average Bonchev–Trinajstić information content (AvgIpc) is 2.78. The number of nitrogens with two attached hydrogens (primary N) is 1. The molecule has 0 aliphatic carbocycles. The van der Waals surface area contributed by atoms with Crippen molar-refractivity contribution in [2.45, 2.75) is 6.04 Å². The summed E-state index contributed by atoms with van der Waals surface area (Å²) in [5.74, 6) is 0.189. The van der Waals surface area contributed by atoms with E-state index in [1.54, 1.807) is 18.5 Å². The van der Waals surface area contributed by atoms with Crippen LogP contribution in [0.25, 0.3) is 0 Å². The van der Waals surface area contributed by atoms with Gasteiger partial charge in [-0.25, -0.2) is 0 Å². The molecule has 2 rings (SSSR count). The lowest BCUT2D eigenvalue weighted by atomic mass is 10.3. The molecule has 0 aromatic carbocycles. The minimum atomic E-state index is -0.656. The van der Waals surface area contributed by atoms with E-state index in [2.05, 4.69) is 20.5 Å². The van der Waals surface area contributed by atoms with Crippen LogP contribution in [-0.2, 0) is 0 Å². The maximum atomic E-state index is 8.80. The highest BCUT2D eigenvalue weighted by molar-refractivity contribution is 5.49. The maximum Gasteiger partial charge on any atom is 0.320 e. The highest BCUT2D eigenvalue weighted by Gasteiger charge is 2.13. The molecule has 0 bridgehead atoms. The second-order valence-electron chi connectivity index (χ2n) is 3.10. The Morgan fingerprint density at radius 3 is 3.06 bits per heavy atom. The van der Waals surface area contributed by atoms with Crippen LogP contribution in [0, 0.1) is 0 Å². The summed E-state index contributed by atoms with van der Waals surface area (Å²) in [5.41, 5.74) is 6.25. The summed E-state index contributed by atoms with van der Waals surface area (Å²) < 4.78 is 5.19. The van der Waals surface area contributed by atoms with Gasteiger partial charge in [0.15, 0.2) is 0 Å². The van der Waals surface area contributed by atoms with Crippen LogP contribution in [0.2, 0.25) is 0 Å². The molecule has 84 valence electrons. The Bertz CT molecular complexity index is 444.